The van der Waals surface area contributed by atoms with Crippen LogP contribution in [0.1, 0.15) is 32.6 Å². The molecule has 1 unspecified atom stereocenters. The molecule has 1 atom stereocenters. The van der Waals surface area contributed by atoms with E-state index in [1.54, 1.807) is 0 Å². The predicted molar refractivity (Wildman–Crippen MR) is 50.3 cm³/mol. The van der Waals surface area contributed by atoms with Crippen molar-refractivity contribution in [3.05, 3.63) is 0 Å². The first-order valence-electron chi connectivity index (χ1n) is 4.65. The maximum absolute atomic E-state index is 11.1. The average molecular weight is 190 g/mol. The summed E-state index contributed by atoms with van der Waals surface area (Å²) in [5.41, 5.74) is 0. The Hall–Kier alpha value is -0.240. The van der Waals surface area contributed by atoms with Crippen LogP contribution >= 0.6 is 11.6 Å². The molecule has 0 aromatic rings. The number of alkyl halides is 1. The summed E-state index contributed by atoms with van der Waals surface area (Å²) in [5, 5.41) is 2.97. The molecule has 0 saturated heterocycles. The number of nitrogens with one attached hydrogen (secondary N) is 1. The number of carbonyl (C=O) groups is 1. The van der Waals surface area contributed by atoms with Crippen LogP contribution in [-0.2, 0) is 4.79 Å². The van der Waals surface area contributed by atoms with Crippen LogP contribution < -0.4 is 5.32 Å². The monoisotopic (exact) mass is 189 g/mol. The van der Waals surface area contributed by atoms with E-state index in [0.29, 0.717) is 12.5 Å². The van der Waals surface area contributed by atoms with Gasteiger partial charge >= 0.3 is 0 Å². The summed E-state index contributed by atoms with van der Waals surface area (Å²) in [7, 11) is 0. The standard InChI is InChI=1S/C9H16ClNO/c1-2-3-8(10)6-11-9(12)7-4-5-7/h7-8H,2-6H2,1H3,(H,11,12). The summed E-state index contributed by atoms with van der Waals surface area (Å²) in [6.45, 7) is 2.73. The van der Waals surface area contributed by atoms with Crippen LogP contribution in [0, 0.1) is 5.92 Å². The number of hydrogen-bond acceptors (Lipinski definition) is 1. The van der Waals surface area contributed by atoms with Crippen molar-refractivity contribution in [3.63, 3.8) is 0 Å². The second-order valence-corrected chi connectivity index (χ2v) is 4.02. The topological polar surface area (TPSA) is 29.1 Å². The van der Waals surface area contributed by atoms with Gasteiger partial charge in [-0.3, -0.25) is 4.79 Å². The third kappa shape index (κ3) is 3.44. The Labute approximate surface area is 78.7 Å². The second-order valence-electron chi connectivity index (χ2n) is 3.41. The molecule has 1 rings (SSSR count). The average Bonchev–Trinajstić information content (AvgIpc) is 2.83. The minimum absolute atomic E-state index is 0.109. The molecule has 0 aliphatic heterocycles. The Kier molecular flexibility index (Phi) is 3.86. The molecule has 1 N–H and O–H groups in total. The number of hydrogen-bond donors (Lipinski definition) is 1. The SMILES string of the molecule is CCCC(Cl)CNC(=O)C1CC1. The molecule has 0 heterocycles. The van der Waals surface area contributed by atoms with Gasteiger partial charge in [-0.1, -0.05) is 13.3 Å². The Morgan fingerprint density at radius 3 is 2.83 bits per heavy atom. The molecule has 70 valence electrons. The highest BCUT2D eigenvalue weighted by atomic mass is 35.5. The zero-order valence-electron chi connectivity index (χ0n) is 7.48. The van der Waals surface area contributed by atoms with Crippen molar-refractivity contribution in [3.8, 4) is 0 Å². The number of carbonyl (C=O) groups excluding carboxylic acids is 1. The highest BCUT2D eigenvalue weighted by Gasteiger charge is 2.29. The molecule has 1 saturated carbocycles. The predicted octanol–water partition coefficient (Wildman–Crippen LogP) is 1.92. The fraction of sp³-hybridized carbons (Fsp3) is 0.889. The molecule has 0 aromatic heterocycles. The summed E-state index contributed by atoms with van der Waals surface area (Å²) in [4.78, 5) is 11.1. The first kappa shape index (κ1) is 9.85. The summed E-state index contributed by atoms with van der Waals surface area (Å²) in [6.07, 6.45) is 4.18. The van der Waals surface area contributed by atoms with Crippen molar-refractivity contribution < 1.29 is 4.79 Å². The van der Waals surface area contributed by atoms with Crippen LogP contribution in [-0.4, -0.2) is 17.8 Å². The Morgan fingerprint density at radius 2 is 2.33 bits per heavy atom. The fourth-order valence-corrected chi connectivity index (χ4v) is 1.41. The molecule has 12 heavy (non-hydrogen) atoms. The molecule has 1 aliphatic rings. The molecule has 2 nitrogen and oxygen atoms in total. The third-order valence-electron chi connectivity index (χ3n) is 2.05. The van der Waals surface area contributed by atoms with Crippen molar-refractivity contribution in [2.75, 3.05) is 6.54 Å². The minimum atomic E-state index is 0.109. The van der Waals surface area contributed by atoms with Gasteiger partial charge in [-0.05, 0) is 19.3 Å². The maximum Gasteiger partial charge on any atom is 0.223 e. The van der Waals surface area contributed by atoms with Crippen molar-refractivity contribution in [2.24, 2.45) is 5.92 Å². The Balaban J connectivity index is 2.03. The van der Waals surface area contributed by atoms with Crippen molar-refractivity contribution >= 4 is 17.5 Å². The highest BCUT2D eigenvalue weighted by molar-refractivity contribution is 6.20. The van der Waals surface area contributed by atoms with E-state index in [1.165, 1.54) is 0 Å². The van der Waals surface area contributed by atoms with E-state index in [4.69, 9.17) is 11.6 Å². The lowest BCUT2D eigenvalue weighted by Gasteiger charge is -2.08. The van der Waals surface area contributed by atoms with E-state index in [2.05, 4.69) is 12.2 Å². The smallest absolute Gasteiger partial charge is 0.223 e. The molecule has 0 aromatic carbocycles. The van der Waals surface area contributed by atoms with Gasteiger partial charge in [0, 0.05) is 12.5 Å². The quantitative estimate of drug-likeness (QED) is 0.658. The summed E-state index contributed by atoms with van der Waals surface area (Å²) >= 11 is 5.94. The molecule has 0 bridgehead atoms. The molecular formula is C9H16ClNO. The fourth-order valence-electron chi connectivity index (χ4n) is 1.12. The van der Waals surface area contributed by atoms with Crippen molar-refractivity contribution in [1.29, 1.82) is 0 Å². The first-order chi connectivity index (χ1) is 5.74. The van der Waals surface area contributed by atoms with Gasteiger partial charge in [-0.2, -0.15) is 0 Å². The van der Waals surface area contributed by atoms with Crippen molar-refractivity contribution in [2.45, 2.75) is 38.0 Å². The summed E-state index contributed by atoms with van der Waals surface area (Å²) < 4.78 is 0. The molecule has 0 spiro atoms. The van der Waals surface area contributed by atoms with Gasteiger partial charge < -0.3 is 5.32 Å². The van der Waals surface area contributed by atoms with Gasteiger partial charge in [0.05, 0.1) is 5.38 Å². The van der Waals surface area contributed by atoms with E-state index in [-0.39, 0.29) is 11.3 Å². The maximum atomic E-state index is 11.1. The van der Waals surface area contributed by atoms with Crippen LogP contribution in [0.5, 0.6) is 0 Å². The molecule has 1 aliphatic carbocycles. The molecule has 3 heteroatoms. The lowest BCUT2D eigenvalue weighted by atomic mass is 10.2. The summed E-state index contributed by atoms with van der Waals surface area (Å²) in [6, 6.07) is 0. The lowest BCUT2D eigenvalue weighted by Crippen LogP contribution is -2.30. The molecule has 1 amide bonds. The van der Waals surface area contributed by atoms with Crippen LogP contribution in [0.2, 0.25) is 0 Å². The van der Waals surface area contributed by atoms with Gasteiger partial charge in [0.1, 0.15) is 0 Å². The zero-order chi connectivity index (χ0) is 8.97. The van der Waals surface area contributed by atoms with E-state index in [0.717, 1.165) is 25.7 Å². The van der Waals surface area contributed by atoms with Crippen LogP contribution in [0.25, 0.3) is 0 Å². The second kappa shape index (κ2) is 4.70. The lowest BCUT2D eigenvalue weighted by molar-refractivity contribution is -0.122. The van der Waals surface area contributed by atoms with Crippen LogP contribution in [0.3, 0.4) is 0 Å². The van der Waals surface area contributed by atoms with Crippen molar-refractivity contribution in [1.82, 2.24) is 5.32 Å². The van der Waals surface area contributed by atoms with Gasteiger partial charge in [-0.25, -0.2) is 0 Å². The highest BCUT2D eigenvalue weighted by Crippen LogP contribution is 2.28. The van der Waals surface area contributed by atoms with Gasteiger partial charge in [0.2, 0.25) is 5.91 Å². The Bertz CT molecular complexity index is 157. The third-order valence-corrected chi connectivity index (χ3v) is 2.42. The largest absolute Gasteiger partial charge is 0.354 e. The van der Waals surface area contributed by atoms with E-state index >= 15 is 0 Å². The van der Waals surface area contributed by atoms with Gasteiger partial charge in [0.15, 0.2) is 0 Å². The van der Waals surface area contributed by atoms with Crippen LogP contribution in [0.4, 0.5) is 0 Å². The molecular weight excluding hydrogens is 174 g/mol. The molecule has 1 fully saturated rings. The van der Waals surface area contributed by atoms with E-state index < -0.39 is 0 Å². The van der Waals surface area contributed by atoms with Crippen LogP contribution in [0.15, 0.2) is 0 Å². The summed E-state index contributed by atoms with van der Waals surface area (Å²) in [5.74, 6) is 0.493. The van der Waals surface area contributed by atoms with E-state index in [1.807, 2.05) is 0 Å². The number of amides is 1. The number of rotatable bonds is 5. The zero-order valence-corrected chi connectivity index (χ0v) is 8.23. The van der Waals surface area contributed by atoms with E-state index in [9.17, 15) is 4.79 Å². The normalized spacial score (nSPS) is 18.8. The van der Waals surface area contributed by atoms with Gasteiger partial charge in [-0.15, -0.1) is 11.6 Å². The van der Waals surface area contributed by atoms with Gasteiger partial charge in [0.25, 0.3) is 0 Å². The Morgan fingerprint density at radius 1 is 1.67 bits per heavy atom. The number of halogens is 1. The first-order valence-corrected chi connectivity index (χ1v) is 5.09. The minimum Gasteiger partial charge on any atom is -0.354 e. The molecule has 0 radical (unpaired) electrons.